The van der Waals surface area contributed by atoms with Gasteiger partial charge in [0.2, 0.25) is 5.91 Å². The van der Waals surface area contributed by atoms with Crippen molar-refractivity contribution in [3.8, 4) is 11.4 Å². The van der Waals surface area contributed by atoms with E-state index in [9.17, 15) is 39.9 Å². The second kappa shape index (κ2) is 6.81. The lowest BCUT2D eigenvalue weighted by atomic mass is 10.0. The van der Waals surface area contributed by atoms with E-state index in [1.807, 2.05) is 0 Å². The number of carbonyl (C=O) groups is 1. The lowest BCUT2D eigenvalue weighted by Crippen LogP contribution is -2.58. The van der Waals surface area contributed by atoms with Crippen molar-refractivity contribution >= 4 is 12.1 Å². The number of hydrogen-bond acceptors (Lipinski definition) is 3. The summed E-state index contributed by atoms with van der Waals surface area (Å²) in [5.41, 5.74) is -3.58. The lowest BCUT2D eigenvalue weighted by molar-refractivity contribution is -0.160. The summed E-state index contributed by atoms with van der Waals surface area (Å²) in [6.45, 7) is -1.49. The molecule has 0 radical (unpaired) electrons. The van der Waals surface area contributed by atoms with E-state index in [-0.39, 0.29) is 6.07 Å². The molecule has 0 N–H and O–H groups in total. The van der Waals surface area contributed by atoms with Gasteiger partial charge in [-0.05, 0) is 18.2 Å². The van der Waals surface area contributed by atoms with Crippen molar-refractivity contribution in [1.82, 2.24) is 19.7 Å². The predicted octanol–water partition coefficient (Wildman–Crippen LogP) is 3.93. The molecule has 0 unspecified atom stereocenters. The predicted molar refractivity (Wildman–Crippen MR) is 82.3 cm³/mol. The van der Waals surface area contributed by atoms with Gasteiger partial charge in [0.05, 0.1) is 24.2 Å². The first kappa shape index (κ1) is 20.7. The zero-order valence-electron chi connectivity index (χ0n) is 14.1. The normalized spacial score (nSPS) is 16.9. The van der Waals surface area contributed by atoms with Crippen LogP contribution in [0.1, 0.15) is 11.1 Å². The SMILES string of the molecule is O=C(/C=C/n1cnc(-c2cc(C(F)(F)F)cc(C(F)(F)F)c2)n1)N1CC(F)(F)C1. The maximum Gasteiger partial charge on any atom is 0.416 e. The van der Waals surface area contributed by atoms with E-state index in [0.29, 0.717) is 12.1 Å². The maximum atomic E-state index is 12.9. The number of rotatable bonds is 3. The highest BCUT2D eigenvalue weighted by atomic mass is 19.4. The Kier molecular flexibility index (Phi) is 4.87. The topological polar surface area (TPSA) is 51.0 Å². The minimum atomic E-state index is -5.02. The fourth-order valence-electron chi connectivity index (χ4n) is 2.48. The van der Waals surface area contributed by atoms with E-state index in [1.165, 1.54) is 0 Å². The van der Waals surface area contributed by atoms with E-state index < -0.39 is 59.8 Å². The van der Waals surface area contributed by atoms with Crippen LogP contribution in [0.5, 0.6) is 0 Å². The van der Waals surface area contributed by atoms with E-state index >= 15 is 0 Å². The molecule has 1 fully saturated rings. The molecule has 5 nitrogen and oxygen atoms in total. The number of likely N-dealkylation sites (tertiary alicyclic amines) is 1. The van der Waals surface area contributed by atoms with Crippen molar-refractivity contribution in [2.24, 2.45) is 0 Å². The number of alkyl halides is 8. The summed E-state index contributed by atoms with van der Waals surface area (Å²) < 4.78 is 104. The first-order valence-corrected chi connectivity index (χ1v) is 7.81. The van der Waals surface area contributed by atoms with Crippen LogP contribution in [0.3, 0.4) is 0 Å². The molecule has 3 rings (SSSR count). The Balaban J connectivity index is 1.84. The van der Waals surface area contributed by atoms with Crippen LogP contribution in [0.15, 0.2) is 30.6 Å². The summed E-state index contributed by atoms with van der Waals surface area (Å²) in [7, 11) is 0. The molecule has 29 heavy (non-hydrogen) atoms. The number of hydrogen-bond donors (Lipinski definition) is 0. The van der Waals surface area contributed by atoms with E-state index in [4.69, 9.17) is 0 Å². The van der Waals surface area contributed by atoms with Gasteiger partial charge in [0.25, 0.3) is 5.92 Å². The highest BCUT2D eigenvalue weighted by molar-refractivity contribution is 5.90. The Morgan fingerprint density at radius 3 is 2.03 bits per heavy atom. The van der Waals surface area contributed by atoms with Crippen LogP contribution in [0.2, 0.25) is 0 Å². The number of halogens is 8. The average Bonchev–Trinajstić information content (AvgIpc) is 3.04. The van der Waals surface area contributed by atoms with Gasteiger partial charge in [-0.25, -0.2) is 18.4 Å². The van der Waals surface area contributed by atoms with Crippen LogP contribution in [0.25, 0.3) is 17.6 Å². The van der Waals surface area contributed by atoms with Crippen molar-refractivity contribution < 1.29 is 39.9 Å². The quantitative estimate of drug-likeness (QED) is 0.552. The molecule has 156 valence electrons. The maximum absolute atomic E-state index is 12.9. The van der Waals surface area contributed by atoms with Crippen molar-refractivity contribution in [3.63, 3.8) is 0 Å². The van der Waals surface area contributed by atoms with Gasteiger partial charge < -0.3 is 4.90 Å². The summed E-state index contributed by atoms with van der Waals surface area (Å²) >= 11 is 0. The zero-order chi connectivity index (χ0) is 21.6. The molecule has 1 aliphatic rings. The van der Waals surface area contributed by atoms with Crippen LogP contribution < -0.4 is 0 Å². The molecular weight excluding hydrogens is 416 g/mol. The molecule has 0 bridgehead atoms. The average molecular weight is 426 g/mol. The zero-order valence-corrected chi connectivity index (χ0v) is 14.1. The Labute approximate surface area is 157 Å². The molecular formula is C16H10F8N4O. The largest absolute Gasteiger partial charge is 0.416 e. The molecule has 0 spiro atoms. The molecule has 1 saturated heterocycles. The number of aromatic nitrogens is 3. The minimum absolute atomic E-state index is 0.0259. The first-order chi connectivity index (χ1) is 13.2. The third-order valence-corrected chi connectivity index (χ3v) is 3.88. The van der Waals surface area contributed by atoms with Gasteiger partial charge in [-0.15, -0.1) is 5.10 Å². The first-order valence-electron chi connectivity index (χ1n) is 7.81. The van der Waals surface area contributed by atoms with Gasteiger partial charge in [-0.2, -0.15) is 26.3 Å². The van der Waals surface area contributed by atoms with Crippen molar-refractivity contribution in [3.05, 3.63) is 41.7 Å². The summed E-state index contributed by atoms with van der Waals surface area (Å²) in [5, 5.41) is 3.70. The fraction of sp³-hybridized carbons (Fsp3) is 0.312. The summed E-state index contributed by atoms with van der Waals surface area (Å²) in [6, 6.07) is 0.903. The summed E-state index contributed by atoms with van der Waals surface area (Å²) in [4.78, 5) is 16.1. The van der Waals surface area contributed by atoms with E-state index in [0.717, 1.165) is 28.2 Å². The molecule has 1 amide bonds. The van der Waals surface area contributed by atoms with Gasteiger partial charge in [0, 0.05) is 17.8 Å². The van der Waals surface area contributed by atoms with Gasteiger partial charge in [0.1, 0.15) is 6.33 Å². The summed E-state index contributed by atoms with van der Waals surface area (Å²) in [5.74, 6) is -4.16. The monoisotopic (exact) mass is 426 g/mol. The molecule has 1 aromatic carbocycles. The Hall–Kier alpha value is -2.99. The molecule has 0 saturated carbocycles. The van der Waals surface area contributed by atoms with Gasteiger partial charge in [-0.1, -0.05) is 0 Å². The van der Waals surface area contributed by atoms with Crippen molar-refractivity contribution in [2.75, 3.05) is 13.1 Å². The fourth-order valence-corrected chi connectivity index (χ4v) is 2.48. The van der Waals surface area contributed by atoms with Gasteiger partial charge in [-0.3, -0.25) is 4.79 Å². The second-order valence-electron chi connectivity index (χ2n) is 6.21. The van der Waals surface area contributed by atoms with Crippen molar-refractivity contribution in [1.29, 1.82) is 0 Å². The lowest BCUT2D eigenvalue weighted by Gasteiger charge is -2.37. The van der Waals surface area contributed by atoms with E-state index in [2.05, 4.69) is 10.1 Å². The smallest absolute Gasteiger partial charge is 0.327 e. The highest BCUT2D eigenvalue weighted by Crippen LogP contribution is 2.38. The van der Waals surface area contributed by atoms with E-state index in [1.54, 1.807) is 0 Å². The molecule has 0 atom stereocenters. The molecule has 13 heteroatoms. The number of amides is 1. The minimum Gasteiger partial charge on any atom is -0.327 e. The number of benzene rings is 1. The van der Waals surface area contributed by atoms with Crippen LogP contribution in [0, 0.1) is 0 Å². The van der Waals surface area contributed by atoms with Crippen molar-refractivity contribution in [2.45, 2.75) is 18.3 Å². The van der Waals surface area contributed by atoms with Crippen LogP contribution in [-0.2, 0) is 17.1 Å². The van der Waals surface area contributed by atoms with Crippen LogP contribution in [0.4, 0.5) is 35.1 Å². The standard InChI is InChI=1S/C16H10F8N4O/c17-14(18)6-27(7-14)12(29)1-2-28-8-25-13(26-28)9-3-10(15(19,20)21)5-11(4-9)16(22,23)24/h1-5,8H,6-7H2/b2-1+. The second-order valence-corrected chi connectivity index (χ2v) is 6.21. The van der Waals surface area contributed by atoms with Crippen LogP contribution >= 0.6 is 0 Å². The Bertz CT molecular complexity index is 920. The number of carbonyl (C=O) groups excluding carboxylic acids is 1. The molecule has 1 aromatic heterocycles. The third kappa shape index (κ3) is 4.71. The van der Waals surface area contributed by atoms with Crippen LogP contribution in [-0.4, -0.2) is 44.6 Å². The third-order valence-electron chi connectivity index (χ3n) is 3.88. The molecule has 2 aromatic rings. The molecule has 2 heterocycles. The summed E-state index contributed by atoms with van der Waals surface area (Å²) in [6.07, 6.45) is -7.24. The van der Waals surface area contributed by atoms with Gasteiger partial charge >= 0.3 is 12.4 Å². The Morgan fingerprint density at radius 2 is 1.55 bits per heavy atom. The molecule has 1 aliphatic heterocycles. The molecule has 0 aliphatic carbocycles. The number of nitrogens with zero attached hydrogens (tertiary/aromatic N) is 4. The van der Waals surface area contributed by atoms with Gasteiger partial charge in [0.15, 0.2) is 5.82 Å². The Morgan fingerprint density at radius 1 is 1.00 bits per heavy atom. The highest BCUT2D eigenvalue weighted by Gasteiger charge is 2.45.